The zero-order valence-corrected chi connectivity index (χ0v) is 23.5. The summed E-state index contributed by atoms with van der Waals surface area (Å²) in [5.74, 6) is -6.14. The highest BCUT2D eigenvalue weighted by molar-refractivity contribution is 5.97. The molecule has 1 aliphatic rings. The summed E-state index contributed by atoms with van der Waals surface area (Å²) >= 11 is 0. The normalized spacial score (nSPS) is 16.4. The second-order valence-electron chi connectivity index (χ2n) is 10.3. The number of aryl methyl sites for hydroxylation is 1. The number of aliphatic carboxylic acids is 1. The minimum absolute atomic E-state index is 0.108. The SMILES string of the molecule is Cc1c(C(F)(F)F)cn(C)c(=O)c1-c1ccc(CC(NC(=O)c2c(F)cc(N3CCOC[C@@H]3C(F)(F)F)cc2F)C(=O)O)cc1. The number of carbonyl (C=O) groups is 2. The average molecular weight is 648 g/mol. The number of pyridine rings is 1. The summed E-state index contributed by atoms with van der Waals surface area (Å²) in [4.78, 5) is 38.0. The second-order valence-corrected chi connectivity index (χ2v) is 10.3. The van der Waals surface area contributed by atoms with E-state index < -0.39 is 83.3 Å². The van der Waals surface area contributed by atoms with Crippen molar-refractivity contribution in [3.63, 3.8) is 0 Å². The van der Waals surface area contributed by atoms with E-state index in [4.69, 9.17) is 4.74 Å². The molecular formula is C29H25F8N3O5. The molecule has 3 aromatic rings. The second kappa shape index (κ2) is 12.5. The van der Waals surface area contributed by atoms with Crippen molar-refractivity contribution in [3.05, 3.63) is 86.8 Å². The van der Waals surface area contributed by atoms with Gasteiger partial charge in [0.15, 0.2) is 0 Å². The molecule has 1 saturated heterocycles. The van der Waals surface area contributed by atoms with Crippen LogP contribution in [0, 0.1) is 18.6 Å². The number of hydrogen-bond donors (Lipinski definition) is 2. The summed E-state index contributed by atoms with van der Waals surface area (Å²) in [6, 6.07) is 2.34. The molecule has 1 amide bonds. The van der Waals surface area contributed by atoms with Crippen LogP contribution in [0.3, 0.4) is 0 Å². The van der Waals surface area contributed by atoms with Gasteiger partial charge in [-0.05, 0) is 35.7 Å². The fourth-order valence-corrected chi connectivity index (χ4v) is 5.05. The van der Waals surface area contributed by atoms with Gasteiger partial charge in [0.2, 0.25) is 0 Å². The molecule has 1 aromatic heterocycles. The third-order valence-electron chi connectivity index (χ3n) is 7.32. The van der Waals surface area contributed by atoms with Gasteiger partial charge in [-0.25, -0.2) is 13.6 Å². The first-order valence-corrected chi connectivity index (χ1v) is 13.2. The van der Waals surface area contributed by atoms with Crippen LogP contribution < -0.4 is 15.8 Å². The maximum atomic E-state index is 14.9. The Bertz CT molecular complexity index is 1650. The number of carbonyl (C=O) groups excluding carboxylic acids is 1. The van der Waals surface area contributed by atoms with E-state index in [1.54, 1.807) is 0 Å². The number of rotatable bonds is 7. The minimum Gasteiger partial charge on any atom is -0.480 e. The maximum Gasteiger partial charge on any atom is 0.418 e. The van der Waals surface area contributed by atoms with Gasteiger partial charge in [0.25, 0.3) is 11.5 Å². The van der Waals surface area contributed by atoms with Gasteiger partial charge in [-0.1, -0.05) is 24.3 Å². The van der Waals surface area contributed by atoms with Crippen LogP contribution in [0.5, 0.6) is 0 Å². The Morgan fingerprint density at radius 1 is 1.07 bits per heavy atom. The Labute approximate surface area is 249 Å². The molecule has 0 saturated carbocycles. The van der Waals surface area contributed by atoms with Crippen molar-refractivity contribution in [3.8, 4) is 11.1 Å². The zero-order chi connectivity index (χ0) is 33.4. The van der Waals surface area contributed by atoms with E-state index in [0.717, 1.165) is 18.5 Å². The number of halogens is 8. The van der Waals surface area contributed by atoms with Crippen molar-refractivity contribution in [2.24, 2.45) is 7.05 Å². The highest BCUT2D eigenvalue weighted by atomic mass is 19.4. The van der Waals surface area contributed by atoms with E-state index in [2.05, 4.69) is 0 Å². The molecule has 0 bridgehead atoms. The number of aromatic nitrogens is 1. The lowest BCUT2D eigenvalue weighted by Crippen LogP contribution is -2.53. The van der Waals surface area contributed by atoms with Crippen LogP contribution in [-0.4, -0.2) is 59.6 Å². The van der Waals surface area contributed by atoms with E-state index in [0.29, 0.717) is 23.2 Å². The molecule has 1 unspecified atom stereocenters. The van der Waals surface area contributed by atoms with Crippen LogP contribution in [0.1, 0.15) is 27.0 Å². The fraction of sp³-hybridized carbons (Fsp3) is 0.345. The Morgan fingerprint density at radius 3 is 2.20 bits per heavy atom. The van der Waals surface area contributed by atoms with Crippen molar-refractivity contribution in [2.75, 3.05) is 24.7 Å². The third-order valence-corrected chi connectivity index (χ3v) is 7.32. The fourth-order valence-electron chi connectivity index (χ4n) is 5.05. The number of amides is 1. The molecule has 0 radical (unpaired) electrons. The van der Waals surface area contributed by atoms with Crippen molar-refractivity contribution >= 4 is 17.6 Å². The lowest BCUT2D eigenvalue weighted by Gasteiger charge is -2.38. The van der Waals surface area contributed by atoms with E-state index in [1.807, 2.05) is 5.32 Å². The molecule has 0 spiro atoms. The molecule has 1 aliphatic heterocycles. The van der Waals surface area contributed by atoms with Gasteiger partial charge in [-0.15, -0.1) is 0 Å². The molecule has 242 valence electrons. The summed E-state index contributed by atoms with van der Waals surface area (Å²) in [5.41, 5.74) is -3.63. The largest absolute Gasteiger partial charge is 0.480 e. The number of ether oxygens (including phenoxy) is 1. The molecule has 8 nitrogen and oxygen atoms in total. The third kappa shape index (κ3) is 7.10. The Hall–Kier alpha value is -4.47. The maximum absolute atomic E-state index is 14.9. The highest BCUT2D eigenvalue weighted by Crippen LogP contribution is 2.35. The first-order valence-electron chi connectivity index (χ1n) is 13.2. The quantitative estimate of drug-likeness (QED) is 0.356. The number of nitrogens with zero attached hydrogens (tertiary/aromatic N) is 2. The first-order chi connectivity index (χ1) is 20.9. The van der Waals surface area contributed by atoms with Crippen LogP contribution in [0.2, 0.25) is 0 Å². The molecule has 16 heteroatoms. The van der Waals surface area contributed by atoms with Gasteiger partial charge in [0.05, 0.1) is 24.3 Å². The van der Waals surface area contributed by atoms with Crippen LogP contribution in [0.4, 0.5) is 40.8 Å². The Kier molecular flexibility index (Phi) is 9.28. The molecule has 45 heavy (non-hydrogen) atoms. The number of carboxylic acid groups (broad SMARTS) is 1. The smallest absolute Gasteiger partial charge is 0.418 e. The summed E-state index contributed by atoms with van der Waals surface area (Å²) in [6.45, 7) is -0.109. The average Bonchev–Trinajstić information content (AvgIpc) is 2.94. The molecule has 2 N–H and O–H groups in total. The standard InChI is InChI=1S/C29H25F8N3O5/c1-14-18(28(32,33)34)12-39(2)26(42)23(14)16-5-3-15(4-6-16)9-21(27(43)44)38-25(41)24-19(30)10-17(11-20(24)31)40-7-8-45-13-22(40)29(35,36)37/h3-6,10-12,21-22H,7-9,13H2,1-2H3,(H,38,41)(H,43,44)/t21?,22-/m1/s1. The van der Waals surface area contributed by atoms with Crippen LogP contribution in [0.15, 0.2) is 47.4 Å². The molecular weight excluding hydrogens is 622 g/mol. The van der Waals surface area contributed by atoms with E-state index in [9.17, 15) is 54.6 Å². The van der Waals surface area contributed by atoms with Gasteiger partial charge in [-0.3, -0.25) is 9.59 Å². The van der Waals surface area contributed by atoms with E-state index in [1.165, 1.54) is 24.3 Å². The Balaban J connectivity index is 1.56. The number of alkyl halides is 6. The predicted molar refractivity (Wildman–Crippen MR) is 144 cm³/mol. The minimum atomic E-state index is -4.78. The van der Waals surface area contributed by atoms with E-state index in [-0.39, 0.29) is 35.4 Å². The topological polar surface area (TPSA) is 101 Å². The number of carboxylic acids is 1. The zero-order valence-electron chi connectivity index (χ0n) is 23.5. The van der Waals surface area contributed by atoms with Crippen LogP contribution in [0.25, 0.3) is 11.1 Å². The molecule has 2 atom stereocenters. The van der Waals surface area contributed by atoms with Crippen molar-refractivity contribution in [1.82, 2.24) is 9.88 Å². The van der Waals surface area contributed by atoms with Crippen LogP contribution in [-0.2, 0) is 29.2 Å². The lowest BCUT2D eigenvalue weighted by atomic mass is 9.96. The van der Waals surface area contributed by atoms with Crippen molar-refractivity contribution in [1.29, 1.82) is 0 Å². The highest BCUT2D eigenvalue weighted by Gasteiger charge is 2.46. The van der Waals surface area contributed by atoms with Gasteiger partial charge in [-0.2, -0.15) is 26.3 Å². The number of morpholine rings is 1. The van der Waals surface area contributed by atoms with Crippen LogP contribution >= 0.6 is 0 Å². The monoisotopic (exact) mass is 647 g/mol. The van der Waals surface area contributed by atoms with Crippen molar-refractivity contribution < 1.29 is 54.6 Å². The van der Waals surface area contributed by atoms with Gasteiger partial charge in [0, 0.05) is 31.9 Å². The summed E-state index contributed by atoms with van der Waals surface area (Å²) < 4.78 is 116. The van der Waals surface area contributed by atoms with Gasteiger partial charge in [0.1, 0.15) is 29.3 Å². The lowest BCUT2D eigenvalue weighted by molar-refractivity contribution is -0.167. The number of anilines is 1. The predicted octanol–water partition coefficient (Wildman–Crippen LogP) is 4.85. The van der Waals surface area contributed by atoms with Gasteiger partial charge >= 0.3 is 18.3 Å². The Morgan fingerprint density at radius 2 is 1.67 bits per heavy atom. The number of nitrogens with one attached hydrogen (secondary N) is 1. The van der Waals surface area contributed by atoms with Crippen molar-refractivity contribution in [2.45, 2.75) is 37.8 Å². The first kappa shape index (κ1) is 33.4. The van der Waals surface area contributed by atoms with Gasteiger partial charge < -0.3 is 24.6 Å². The molecule has 1 fully saturated rings. The molecule has 0 aliphatic carbocycles. The summed E-state index contributed by atoms with van der Waals surface area (Å²) in [5, 5.41) is 11.6. The molecule has 2 aromatic carbocycles. The molecule has 4 rings (SSSR count). The summed E-state index contributed by atoms with van der Waals surface area (Å²) in [6.07, 6.45) is -9.28. The van der Waals surface area contributed by atoms with E-state index >= 15 is 0 Å². The molecule has 2 heterocycles. The number of hydrogen-bond acceptors (Lipinski definition) is 5. The number of benzene rings is 2. The summed E-state index contributed by atoms with van der Waals surface area (Å²) in [7, 11) is 1.16.